The van der Waals surface area contributed by atoms with Gasteiger partial charge in [-0.2, -0.15) is 0 Å². The van der Waals surface area contributed by atoms with Crippen molar-refractivity contribution < 1.29 is 9.18 Å². The molecule has 0 fully saturated rings. The Balaban J connectivity index is 2.19. The monoisotopic (exact) mass is 217 g/mol. The molecule has 1 atom stereocenters. The van der Waals surface area contributed by atoms with Crippen molar-refractivity contribution in [1.29, 1.82) is 0 Å². The highest BCUT2D eigenvalue weighted by Gasteiger charge is 2.28. The topological polar surface area (TPSA) is 20.3 Å². The Morgan fingerprint density at radius 2 is 2.31 bits per heavy atom. The zero-order valence-electron chi connectivity index (χ0n) is 8.82. The fourth-order valence-electron chi connectivity index (χ4n) is 2.60. The van der Waals surface area contributed by atoms with E-state index in [9.17, 15) is 9.18 Å². The standard InChI is InChI=1S/C13H12FNO/c14-12-4-3-10-2-1-5-15-7-9(8-16)6-11(12)13(10)15/h1-4,8-9H,5-7H2/t9-/m0/s1. The van der Waals surface area contributed by atoms with Crippen LogP contribution >= 0.6 is 0 Å². The van der Waals surface area contributed by atoms with Crippen LogP contribution in [0.4, 0.5) is 10.1 Å². The van der Waals surface area contributed by atoms with Gasteiger partial charge in [0, 0.05) is 24.6 Å². The minimum atomic E-state index is -0.189. The lowest BCUT2D eigenvalue weighted by atomic mass is 9.89. The Labute approximate surface area is 93.4 Å². The van der Waals surface area contributed by atoms with E-state index in [0.717, 1.165) is 24.1 Å². The first kappa shape index (κ1) is 9.58. The molecule has 2 aliphatic rings. The SMILES string of the molecule is O=C[C@H]1Cc2c(F)ccc3c2N(CC=C3)C1. The number of carbonyl (C=O) groups excluding carboxylic acids is 1. The van der Waals surface area contributed by atoms with Gasteiger partial charge in [-0.05, 0) is 24.1 Å². The van der Waals surface area contributed by atoms with Crippen LogP contribution in [0.15, 0.2) is 18.2 Å². The predicted octanol–water partition coefficient (Wildman–Crippen LogP) is 2.03. The summed E-state index contributed by atoms with van der Waals surface area (Å²) in [4.78, 5) is 13.0. The number of halogens is 1. The Morgan fingerprint density at radius 1 is 1.44 bits per heavy atom. The Bertz CT molecular complexity index is 481. The Kier molecular flexibility index (Phi) is 2.06. The van der Waals surface area contributed by atoms with E-state index in [4.69, 9.17) is 0 Å². The van der Waals surface area contributed by atoms with Crippen molar-refractivity contribution >= 4 is 18.0 Å². The summed E-state index contributed by atoms with van der Waals surface area (Å²) in [5, 5.41) is 0. The van der Waals surface area contributed by atoms with E-state index in [1.165, 1.54) is 6.07 Å². The van der Waals surface area contributed by atoms with Crippen molar-refractivity contribution in [2.45, 2.75) is 6.42 Å². The number of carbonyl (C=O) groups is 1. The maximum atomic E-state index is 13.7. The molecule has 2 heterocycles. The summed E-state index contributed by atoms with van der Waals surface area (Å²) in [7, 11) is 0. The zero-order valence-corrected chi connectivity index (χ0v) is 8.82. The fraction of sp³-hybridized carbons (Fsp3) is 0.308. The maximum absolute atomic E-state index is 13.7. The molecule has 0 aromatic heterocycles. The molecule has 0 amide bonds. The summed E-state index contributed by atoms with van der Waals surface area (Å²) in [6.07, 6.45) is 5.55. The molecular formula is C13H12FNO. The van der Waals surface area contributed by atoms with Crippen LogP contribution in [0.1, 0.15) is 11.1 Å². The van der Waals surface area contributed by atoms with Gasteiger partial charge < -0.3 is 9.69 Å². The molecule has 1 aromatic rings. The van der Waals surface area contributed by atoms with E-state index in [1.54, 1.807) is 6.07 Å². The minimum absolute atomic E-state index is 0.0799. The number of hydrogen-bond donors (Lipinski definition) is 0. The van der Waals surface area contributed by atoms with Gasteiger partial charge in [-0.3, -0.25) is 0 Å². The number of benzene rings is 1. The molecule has 0 N–H and O–H groups in total. The molecule has 0 saturated heterocycles. The molecule has 0 spiro atoms. The van der Waals surface area contributed by atoms with Crippen LogP contribution in [0.2, 0.25) is 0 Å². The molecule has 16 heavy (non-hydrogen) atoms. The molecule has 2 aliphatic heterocycles. The lowest BCUT2D eigenvalue weighted by molar-refractivity contribution is -0.110. The maximum Gasteiger partial charge on any atom is 0.128 e. The fourth-order valence-corrected chi connectivity index (χ4v) is 2.60. The third kappa shape index (κ3) is 1.28. The smallest absolute Gasteiger partial charge is 0.128 e. The van der Waals surface area contributed by atoms with Gasteiger partial charge in [-0.1, -0.05) is 12.2 Å². The number of hydrogen-bond acceptors (Lipinski definition) is 2. The van der Waals surface area contributed by atoms with Gasteiger partial charge >= 0.3 is 0 Å². The van der Waals surface area contributed by atoms with Gasteiger partial charge in [0.05, 0.1) is 5.69 Å². The number of nitrogens with zero attached hydrogens (tertiary/aromatic N) is 1. The normalized spacial score (nSPS) is 21.8. The molecule has 2 nitrogen and oxygen atoms in total. The van der Waals surface area contributed by atoms with Crippen LogP contribution < -0.4 is 4.90 Å². The van der Waals surface area contributed by atoms with E-state index in [2.05, 4.69) is 11.0 Å². The second-order valence-corrected chi connectivity index (χ2v) is 4.37. The molecule has 0 saturated carbocycles. The first-order chi connectivity index (χ1) is 7.79. The highest BCUT2D eigenvalue weighted by molar-refractivity contribution is 5.77. The molecule has 0 radical (unpaired) electrons. The molecule has 3 rings (SSSR count). The Morgan fingerprint density at radius 3 is 3.12 bits per heavy atom. The highest BCUT2D eigenvalue weighted by Crippen LogP contribution is 2.36. The van der Waals surface area contributed by atoms with Crippen molar-refractivity contribution in [1.82, 2.24) is 0 Å². The van der Waals surface area contributed by atoms with Crippen molar-refractivity contribution in [3.05, 3.63) is 35.2 Å². The third-order valence-corrected chi connectivity index (χ3v) is 3.31. The van der Waals surface area contributed by atoms with Crippen molar-refractivity contribution in [2.24, 2.45) is 5.92 Å². The number of anilines is 1. The van der Waals surface area contributed by atoms with E-state index in [1.807, 2.05) is 6.08 Å². The summed E-state index contributed by atoms with van der Waals surface area (Å²) >= 11 is 0. The molecule has 3 heteroatoms. The average molecular weight is 217 g/mol. The predicted molar refractivity (Wildman–Crippen MR) is 60.9 cm³/mol. The third-order valence-electron chi connectivity index (χ3n) is 3.31. The average Bonchev–Trinajstić information content (AvgIpc) is 2.33. The molecule has 82 valence electrons. The van der Waals surface area contributed by atoms with Gasteiger partial charge in [0.2, 0.25) is 0 Å². The summed E-state index contributed by atoms with van der Waals surface area (Å²) < 4.78 is 13.7. The second kappa shape index (κ2) is 3.44. The minimum Gasteiger partial charge on any atom is -0.366 e. The molecule has 0 bridgehead atoms. The lowest BCUT2D eigenvalue weighted by Gasteiger charge is -2.36. The molecule has 0 aliphatic carbocycles. The first-order valence-electron chi connectivity index (χ1n) is 5.48. The number of aldehydes is 1. The number of rotatable bonds is 1. The summed E-state index contributed by atoms with van der Waals surface area (Å²) in [5.41, 5.74) is 2.75. The van der Waals surface area contributed by atoms with E-state index in [-0.39, 0.29) is 11.7 Å². The molecule has 0 unspecified atom stereocenters. The molecule has 1 aromatic carbocycles. The Hall–Kier alpha value is -1.64. The van der Waals surface area contributed by atoms with Crippen LogP contribution in [0.5, 0.6) is 0 Å². The highest BCUT2D eigenvalue weighted by atomic mass is 19.1. The van der Waals surface area contributed by atoms with Gasteiger partial charge in [0.1, 0.15) is 12.1 Å². The summed E-state index contributed by atoms with van der Waals surface area (Å²) in [5.74, 6) is -0.269. The van der Waals surface area contributed by atoms with Crippen molar-refractivity contribution in [3.8, 4) is 0 Å². The van der Waals surface area contributed by atoms with Crippen molar-refractivity contribution in [2.75, 3.05) is 18.0 Å². The van der Waals surface area contributed by atoms with E-state index >= 15 is 0 Å². The first-order valence-corrected chi connectivity index (χ1v) is 5.48. The second-order valence-electron chi connectivity index (χ2n) is 4.37. The lowest BCUT2D eigenvalue weighted by Crippen LogP contribution is -2.38. The van der Waals surface area contributed by atoms with Crippen LogP contribution in [0.25, 0.3) is 6.08 Å². The zero-order chi connectivity index (χ0) is 11.1. The summed E-state index contributed by atoms with van der Waals surface area (Å²) in [6, 6.07) is 3.30. The van der Waals surface area contributed by atoms with Gasteiger partial charge in [-0.25, -0.2) is 4.39 Å². The van der Waals surface area contributed by atoms with Crippen LogP contribution in [0.3, 0.4) is 0 Å². The van der Waals surface area contributed by atoms with Crippen LogP contribution in [-0.2, 0) is 11.2 Å². The van der Waals surface area contributed by atoms with Gasteiger partial charge in [0.25, 0.3) is 0 Å². The largest absolute Gasteiger partial charge is 0.366 e. The van der Waals surface area contributed by atoms with Crippen molar-refractivity contribution in [3.63, 3.8) is 0 Å². The van der Waals surface area contributed by atoms with E-state index in [0.29, 0.717) is 18.5 Å². The molecular weight excluding hydrogens is 205 g/mol. The van der Waals surface area contributed by atoms with Crippen LogP contribution in [0, 0.1) is 11.7 Å². The van der Waals surface area contributed by atoms with Gasteiger partial charge in [-0.15, -0.1) is 0 Å². The van der Waals surface area contributed by atoms with Crippen LogP contribution in [-0.4, -0.2) is 19.4 Å². The van der Waals surface area contributed by atoms with E-state index < -0.39 is 0 Å². The summed E-state index contributed by atoms with van der Waals surface area (Å²) in [6.45, 7) is 1.48. The quantitative estimate of drug-likeness (QED) is 0.671. The van der Waals surface area contributed by atoms with Gasteiger partial charge in [0.15, 0.2) is 0 Å².